The number of fused-ring (bicyclic) bond motifs is 1. The van der Waals surface area contributed by atoms with Crippen LogP contribution in [0.1, 0.15) is 11.3 Å². The van der Waals surface area contributed by atoms with E-state index in [1.54, 1.807) is 28.1 Å². The Morgan fingerprint density at radius 1 is 1.14 bits per heavy atom. The minimum Gasteiger partial charge on any atom is -0.325 e. The van der Waals surface area contributed by atoms with Crippen molar-refractivity contribution in [3.05, 3.63) is 76.4 Å². The Morgan fingerprint density at radius 3 is 2.59 bits per heavy atom. The molecule has 0 fully saturated rings. The van der Waals surface area contributed by atoms with E-state index in [1.807, 2.05) is 12.1 Å². The van der Waals surface area contributed by atoms with Gasteiger partial charge >= 0.3 is 6.18 Å². The van der Waals surface area contributed by atoms with Crippen molar-refractivity contribution in [3.63, 3.8) is 0 Å². The highest BCUT2D eigenvalue weighted by Gasteiger charge is 2.33. The monoisotopic (exact) mass is 435 g/mol. The van der Waals surface area contributed by atoms with Gasteiger partial charge < -0.3 is 5.32 Å². The van der Waals surface area contributed by atoms with Crippen molar-refractivity contribution in [2.24, 2.45) is 0 Å². The Bertz CT molecular complexity index is 1180. The number of nitrogens with one attached hydrogen (secondary N) is 1. The third-order valence-corrected chi connectivity index (χ3v) is 5.41. The van der Waals surface area contributed by atoms with Crippen molar-refractivity contribution in [3.8, 4) is 11.3 Å². The largest absolute Gasteiger partial charge is 0.418 e. The number of thiazole rings is 1. The molecule has 0 bridgehead atoms. The molecule has 2 heterocycles. The third-order valence-electron chi connectivity index (χ3n) is 4.27. The number of carbonyl (C=O) groups excluding carboxylic acids is 1. The van der Waals surface area contributed by atoms with E-state index in [-0.39, 0.29) is 12.1 Å². The first kappa shape index (κ1) is 19.5. The van der Waals surface area contributed by atoms with E-state index in [4.69, 9.17) is 11.6 Å². The average Bonchev–Trinajstić information content (AvgIpc) is 3.24. The fourth-order valence-corrected chi connectivity index (χ4v) is 3.91. The number of halogens is 4. The van der Waals surface area contributed by atoms with E-state index in [1.165, 1.54) is 29.5 Å². The van der Waals surface area contributed by atoms with Gasteiger partial charge in [-0.1, -0.05) is 35.9 Å². The minimum atomic E-state index is -4.54. The van der Waals surface area contributed by atoms with Crippen molar-refractivity contribution in [1.82, 2.24) is 9.38 Å². The Labute approximate surface area is 172 Å². The number of hydrogen-bond donors (Lipinski definition) is 1. The van der Waals surface area contributed by atoms with Crippen LogP contribution in [0.25, 0.3) is 16.2 Å². The lowest BCUT2D eigenvalue weighted by molar-refractivity contribution is -0.137. The summed E-state index contributed by atoms with van der Waals surface area (Å²) in [4.78, 5) is 17.6. The number of amides is 1. The number of benzene rings is 2. The number of alkyl halides is 3. The van der Waals surface area contributed by atoms with Gasteiger partial charge in [0, 0.05) is 27.9 Å². The molecule has 29 heavy (non-hydrogen) atoms. The van der Waals surface area contributed by atoms with Crippen LogP contribution in [0.15, 0.2) is 60.1 Å². The van der Waals surface area contributed by atoms with E-state index in [9.17, 15) is 18.0 Å². The molecule has 0 spiro atoms. The first-order chi connectivity index (χ1) is 13.8. The number of rotatable bonds is 4. The van der Waals surface area contributed by atoms with Gasteiger partial charge in [0.25, 0.3) is 0 Å². The SMILES string of the molecule is O=C(Cc1csc2nc(-c3ccc(Cl)cc3)cn12)Nc1ccccc1C(F)(F)F. The summed E-state index contributed by atoms with van der Waals surface area (Å²) in [5.74, 6) is -0.539. The molecule has 2 aromatic carbocycles. The van der Waals surface area contributed by atoms with Gasteiger partial charge in [-0.05, 0) is 24.3 Å². The number of nitrogens with zero attached hydrogens (tertiary/aromatic N) is 2. The lowest BCUT2D eigenvalue weighted by Crippen LogP contribution is -2.18. The van der Waals surface area contributed by atoms with Gasteiger partial charge in [-0.3, -0.25) is 9.20 Å². The van der Waals surface area contributed by atoms with Gasteiger partial charge in [0.15, 0.2) is 4.96 Å². The third kappa shape index (κ3) is 4.13. The Hall–Kier alpha value is -2.84. The highest BCUT2D eigenvalue weighted by Crippen LogP contribution is 2.34. The molecule has 4 nitrogen and oxygen atoms in total. The zero-order valence-electron chi connectivity index (χ0n) is 14.7. The molecule has 4 aromatic rings. The first-order valence-corrected chi connectivity index (χ1v) is 9.74. The quantitative estimate of drug-likeness (QED) is 0.432. The molecule has 1 N–H and O–H groups in total. The average molecular weight is 436 g/mol. The highest BCUT2D eigenvalue weighted by atomic mass is 35.5. The van der Waals surface area contributed by atoms with Crippen LogP contribution in [0.3, 0.4) is 0 Å². The molecule has 4 rings (SSSR count). The van der Waals surface area contributed by atoms with Crippen LogP contribution in [0.4, 0.5) is 18.9 Å². The molecule has 0 unspecified atom stereocenters. The van der Waals surface area contributed by atoms with Gasteiger partial charge in [-0.25, -0.2) is 4.98 Å². The number of anilines is 1. The van der Waals surface area contributed by atoms with Crippen LogP contribution in [-0.2, 0) is 17.4 Å². The second kappa shape index (κ2) is 7.53. The summed E-state index contributed by atoms with van der Waals surface area (Å²) in [7, 11) is 0. The Morgan fingerprint density at radius 2 is 1.86 bits per heavy atom. The van der Waals surface area contributed by atoms with Gasteiger partial charge in [0.2, 0.25) is 5.91 Å². The minimum absolute atomic E-state index is 0.0807. The molecule has 0 aliphatic carbocycles. The van der Waals surface area contributed by atoms with E-state index in [0.717, 1.165) is 17.3 Å². The number of carbonyl (C=O) groups is 1. The van der Waals surface area contributed by atoms with E-state index < -0.39 is 17.6 Å². The molecule has 0 saturated carbocycles. The standard InChI is InChI=1S/C20H13ClF3N3OS/c21-13-7-5-12(6-8-13)17-10-27-14(11-29-19(27)26-17)9-18(28)25-16-4-2-1-3-15(16)20(22,23)24/h1-8,10-11H,9H2,(H,25,28). The van der Waals surface area contributed by atoms with Crippen molar-refractivity contribution < 1.29 is 18.0 Å². The molecule has 2 aromatic heterocycles. The van der Waals surface area contributed by atoms with Crippen LogP contribution in [0.5, 0.6) is 0 Å². The zero-order chi connectivity index (χ0) is 20.6. The summed E-state index contributed by atoms with van der Waals surface area (Å²) < 4.78 is 41.1. The summed E-state index contributed by atoms with van der Waals surface area (Å²) in [6.45, 7) is 0. The summed E-state index contributed by atoms with van der Waals surface area (Å²) >= 11 is 7.26. The number of hydrogen-bond acceptors (Lipinski definition) is 3. The molecule has 148 valence electrons. The van der Waals surface area contributed by atoms with Crippen LogP contribution in [0.2, 0.25) is 5.02 Å². The highest BCUT2D eigenvalue weighted by molar-refractivity contribution is 7.15. The molecule has 0 radical (unpaired) electrons. The molecule has 0 aliphatic heterocycles. The maximum atomic E-state index is 13.1. The van der Waals surface area contributed by atoms with Crippen LogP contribution in [0, 0.1) is 0 Å². The van der Waals surface area contributed by atoms with Crippen LogP contribution in [-0.4, -0.2) is 15.3 Å². The summed E-state index contributed by atoms with van der Waals surface area (Å²) in [5, 5.41) is 4.75. The van der Waals surface area contributed by atoms with Crippen LogP contribution < -0.4 is 5.32 Å². The second-order valence-corrected chi connectivity index (χ2v) is 7.55. The lowest BCUT2D eigenvalue weighted by atomic mass is 10.1. The topological polar surface area (TPSA) is 46.4 Å². The summed E-state index contributed by atoms with van der Waals surface area (Å²) in [5.41, 5.74) is 1.09. The van der Waals surface area contributed by atoms with Gasteiger partial charge in [0.05, 0.1) is 23.4 Å². The van der Waals surface area contributed by atoms with E-state index >= 15 is 0 Å². The molecule has 9 heteroatoms. The second-order valence-electron chi connectivity index (χ2n) is 6.28. The van der Waals surface area contributed by atoms with Crippen molar-refractivity contribution in [2.75, 3.05) is 5.32 Å². The number of aromatic nitrogens is 2. The van der Waals surface area contributed by atoms with Crippen molar-refractivity contribution >= 4 is 39.5 Å². The first-order valence-electron chi connectivity index (χ1n) is 8.49. The predicted octanol–water partition coefficient (Wildman–Crippen LogP) is 5.92. The molecule has 0 atom stereocenters. The molecule has 0 saturated heterocycles. The summed E-state index contributed by atoms with van der Waals surface area (Å²) in [6.07, 6.45) is -2.83. The predicted molar refractivity (Wildman–Crippen MR) is 107 cm³/mol. The van der Waals surface area contributed by atoms with E-state index in [0.29, 0.717) is 15.7 Å². The van der Waals surface area contributed by atoms with Gasteiger partial charge in [-0.15, -0.1) is 11.3 Å². The van der Waals surface area contributed by atoms with Gasteiger partial charge in [0.1, 0.15) is 0 Å². The molecule has 1 amide bonds. The van der Waals surface area contributed by atoms with Crippen LogP contribution >= 0.6 is 22.9 Å². The van der Waals surface area contributed by atoms with Crippen molar-refractivity contribution in [1.29, 1.82) is 0 Å². The number of para-hydroxylation sites is 1. The van der Waals surface area contributed by atoms with Crippen molar-refractivity contribution in [2.45, 2.75) is 12.6 Å². The summed E-state index contributed by atoms with van der Waals surface area (Å²) in [6, 6.07) is 12.1. The lowest BCUT2D eigenvalue weighted by Gasteiger charge is -2.13. The number of imidazole rings is 1. The Kier molecular flexibility index (Phi) is 5.06. The maximum Gasteiger partial charge on any atom is 0.418 e. The fourth-order valence-electron chi connectivity index (χ4n) is 2.91. The van der Waals surface area contributed by atoms with Gasteiger partial charge in [-0.2, -0.15) is 13.2 Å². The molecular weight excluding hydrogens is 423 g/mol. The zero-order valence-corrected chi connectivity index (χ0v) is 16.3. The fraction of sp³-hybridized carbons (Fsp3) is 0.100. The Balaban J connectivity index is 1.56. The normalized spacial score (nSPS) is 11.7. The van der Waals surface area contributed by atoms with E-state index in [2.05, 4.69) is 10.3 Å². The molecule has 0 aliphatic rings. The smallest absolute Gasteiger partial charge is 0.325 e. The maximum absolute atomic E-state index is 13.1. The molecular formula is C20H13ClF3N3OS.